The Morgan fingerprint density at radius 3 is 2.00 bits per heavy atom. The van der Waals surface area contributed by atoms with Gasteiger partial charge in [0.25, 0.3) is 0 Å². The molecular formula is C27H38N4OS. The number of carbonyl (C=O) groups excluding carboxylic acids is 1. The third kappa shape index (κ3) is 6.55. The summed E-state index contributed by atoms with van der Waals surface area (Å²) < 4.78 is 0. The number of thiocarbonyl (C=S) groups is 1. The van der Waals surface area contributed by atoms with E-state index in [-0.39, 0.29) is 29.4 Å². The Bertz CT molecular complexity index is 873. The molecule has 1 aliphatic rings. The van der Waals surface area contributed by atoms with Crippen LogP contribution >= 0.6 is 12.2 Å². The number of nitrogens with two attached hydrogens (primary N) is 1. The van der Waals surface area contributed by atoms with Gasteiger partial charge in [-0.2, -0.15) is 0 Å². The molecule has 2 aromatic rings. The molecule has 1 fully saturated rings. The van der Waals surface area contributed by atoms with Gasteiger partial charge in [-0.25, -0.2) is 0 Å². The van der Waals surface area contributed by atoms with Crippen LogP contribution in [-0.4, -0.2) is 41.1 Å². The lowest BCUT2D eigenvalue weighted by molar-refractivity contribution is -0.135. The molecule has 3 rings (SSSR count). The number of benzene rings is 2. The van der Waals surface area contributed by atoms with E-state index in [0.29, 0.717) is 5.11 Å². The molecule has 1 saturated carbocycles. The minimum atomic E-state index is -0.489. The highest BCUT2D eigenvalue weighted by Crippen LogP contribution is 2.30. The van der Waals surface area contributed by atoms with E-state index in [1.807, 2.05) is 48.3 Å². The van der Waals surface area contributed by atoms with Gasteiger partial charge in [0.2, 0.25) is 5.91 Å². The van der Waals surface area contributed by atoms with E-state index in [9.17, 15) is 4.79 Å². The maximum atomic E-state index is 13.9. The maximum Gasteiger partial charge on any atom is 0.246 e. The van der Waals surface area contributed by atoms with Crippen LogP contribution in [-0.2, 0) is 4.79 Å². The molecule has 1 aliphatic carbocycles. The molecule has 4 N–H and O–H groups in total. The Labute approximate surface area is 204 Å². The Kier molecular flexibility index (Phi) is 8.49. The first-order valence-electron chi connectivity index (χ1n) is 11.9. The molecule has 0 heterocycles. The number of hydrogen-bond donors (Lipinski definition) is 3. The monoisotopic (exact) mass is 466 g/mol. The fourth-order valence-corrected chi connectivity index (χ4v) is 4.84. The summed E-state index contributed by atoms with van der Waals surface area (Å²) in [6.07, 6.45) is 4.31. The third-order valence-corrected chi connectivity index (χ3v) is 6.73. The smallest absolute Gasteiger partial charge is 0.246 e. The molecule has 3 atom stereocenters. The van der Waals surface area contributed by atoms with E-state index in [0.717, 1.165) is 36.8 Å². The molecule has 0 saturated heterocycles. The van der Waals surface area contributed by atoms with Crippen molar-refractivity contribution in [1.82, 2.24) is 15.5 Å². The predicted octanol–water partition coefficient (Wildman–Crippen LogP) is 4.38. The molecule has 0 radical (unpaired) electrons. The summed E-state index contributed by atoms with van der Waals surface area (Å²) >= 11 is 5.64. The molecule has 33 heavy (non-hydrogen) atoms. The number of nitrogens with one attached hydrogen (secondary N) is 2. The van der Waals surface area contributed by atoms with Crippen LogP contribution in [0.5, 0.6) is 0 Å². The van der Waals surface area contributed by atoms with Gasteiger partial charge in [-0.15, -0.1) is 0 Å². The average molecular weight is 467 g/mol. The zero-order valence-electron chi connectivity index (χ0n) is 20.3. The normalized spacial score (nSPS) is 19.6. The highest BCUT2D eigenvalue weighted by Gasteiger charge is 2.37. The quantitative estimate of drug-likeness (QED) is 0.551. The summed E-state index contributed by atoms with van der Waals surface area (Å²) in [7, 11) is 1.88. The van der Waals surface area contributed by atoms with Crippen LogP contribution < -0.4 is 16.4 Å². The first-order valence-corrected chi connectivity index (χ1v) is 12.3. The minimum absolute atomic E-state index is 0.00250. The lowest BCUT2D eigenvalue weighted by Gasteiger charge is -2.38. The SMILES string of the molecule is CN(C(=O)C(NC(=S)N[C@H]1CCCC[C@@H]1N)C(C)(C)C)C(c1ccccc1)c1ccccc1. The minimum Gasteiger partial charge on any atom is -0.358 e. The van der Waals surface area contributed by atoms with Gasteiger partial charge < -0.3 is 21.3 Å². The van der Waals surface area contributed by atoms with E-state index in [4.69, 9.17) is 18.0 Å². The van der Waals surface area contributed by atoms with Gasteiger partial charge in [-0.1, -0.05) is 94.3 Å². The zero-order valence-corrected chi connectivity index (χ0v) is 21.1. The molecule has 6 heteroatoms. The van der Waals surface area contributed by atoms with Crippen LogP contribution in [0.1, 0.15) is 63.6 Å². The van der Waals surface area contributed by atoms with Crippen molar-refractivity contribution in [2.24, 2.45) is 11.1 Å². The van der Waals surface area contributed by atoms with E-state index in [2.05, 4.69) is 55.7 Å². The van der Waals surface area contributed by atoms with Crippen molar-refractivity contribution in [3.8, 4) is 0 Å². The number of carbonyl (C=O) groups is 1. The second-order valence-corrected chi connectivity index (χ2v) is 10.6. The third-order valence-electron chi connectivity index (χ3n) is 6.49. The fourth-order valence-electron chi connectivity index (χ4n) is 4.57. The number of hydrogen-bond acceptors (Lipinski definition) is 3. The van der Waals surface area contributed by atoms with Gasteiger partial charge in [0.05, 0.1) is 6.04 Å². The summed E-state index contributed by atoms with van der Waals surface area (Å²) in [4.78, 5) is 15.8. The number of nitrogens with zero attached hydrogens (tertiary/aromatic N) is 1. The highest BCUT2D eigenvalue weighted by atomic mass is 32.1. The topological polar surface area (TPSA) is 70.4 Å². The Hall–Kier alpha value is -2.44. The van der Waals surface area contributed by atoms with E-state index in [1.54, 1.807) is 0 Å². The summed E-state index contributed by atoms with van der Waals surface area (Å²) in [5.74, 6) is -0.00250. The molecule has 0 aliphatic heterocycles. The maximum absolute atomic E-state index is 13.9. The average Bonchev–Trinajstić information content (AvgIpc) is 2.79. The first kappa shape index (κ1) is 25.2. The predicted molar refractivity (Wildman–Crippen MR) is 140 cm³/mol. The van der Waals surface area contributed by atoms with Gasteiger partial charge in [0.15, 0.2) is 5.11 Å². The molecule has 178 valence electrons. The summed E-state index contributed by atoms with van der Waals surface area (Å²) in [6.45, 7) is 6.18. The molecule has 0 spiro atoms. The summed E-state index contributed by atoms with van der Waals surface area (Å²) in [6, 6.07) is 19.8. The Morgan fingerprint density at radius 2 is 1.52 bits per heavy atom. The Balaban J connectivity index is 1.83. The van der Waals surface area contributed by atoms with Crippen molar-refractivity contribution >= 4 is 23.2 Å². The van der Waals surface area contributed by atoms with E-state index in [1.165, 1.54) is 0 Å². The number of amides is 1. The van der Waals surface area contributed by atoms with Gasteiger partial charge in [-0.05, 0) is 41.6 Å². The van der Waals surface area contributed by atoms with Crippen LogP contribution in [0.3, 0.4) is 0 Å². The van der Waals surface area contributed by atoms with Crippen molar-refractivity contribution in [3.05, 3.63) is 71.8 Å². The van der Waals surface area contributed by atoms with Gasteiger partial charge in [0, 0.05) is 19.1 Å². The van der Waals surface area contributed by atoms with E-state index >= 15 is 0 Å². The number of likely N-dealkylation sites (N-methyl/N-ethyl adjacent to an activating group) is 1. The zero-order chi connectivity index (χ0) is 24.0. The van der Waals surface area contributed by atoms with Crippen LogP contribution in [0.4, 0.5) is 0 Å². The second kappa shape index (κ2) is 11.1. The van der Waals surface area contributed by atoms with Crippen LogP contribution in [0.2, 0.25) is 0 Å². The highest BCUT2D eigenvalue weighted by molar-refractivity contribution is 7.80. The van der Waals surface area contributed by atoms with Crippen molar-refractivity contribution in [3.63, 3.8) is 0 Å². The van der Waals surface area contributed by atoms with Crippen molar-refractivity contribution < 1.29 is 4.79 Å². The molecular weight excluding hydrogens is 428 g/mol. The summed E-state index contributed by atoms with van der Waals surface area (Å²) in [5.41, 5.74) is 8.09. The van der Waals surface area contributed by atoms with E-state index < -0.39 is 6.04 Å². The standard InChI is InChI=1S/C27H38N4OS/c1-27(2,3)24(30-26(33)29-22-18-12-11-17-21(22)28)25(32)31(4)23(19-13-7-5-8-14-19)20-15-9-6-10-16-20/h5-10,13-16,21-24H,11-12,17-18,28H2,1-4H3,(H2,29,30,33)/t21-,22-,24?/m0/s1. The van der Waals surface area contributed by atoms with Crippen molar-refractivity contribution in [2.75, 3.05) is 7.05 Å². The van der Waals surface area contributed by atoms with Crippen LogP contribution in [0.15, 0.2) is 60.7 Å². The largest absolute Gasteiger partial charge is 0.358 e. The van der Waals surface area contributed by atoms with Crippen molar-refractivity contribution in [2.45, 2.75) is 70.6 Å². The van der Waals surface area contributed by atoms with Gasteiger partial charge in [0.1, 0.15) is 6.04 Å². The lowest BCUT2D eigenvalue weighted by atomic mass is 9.85. The molecule has 0 bridgehead atoms. The molecule has 1 unspecified atom stereocenters. The molecule has 5 nitrogen and oxygen atoms in total. The Morgan fingerprint density at radius 1 is 1.00 bits per heavy atom. The van der Waals surface area contributed by atoms with Gasteiger partial charge >= 0.3 is 0 Å². The molecule has 2 aromatic carbocycles. The second-order valence-electron chi connectivity index (χ2n) is 10.1. The van der Waals surface area contributed by atoms with Crippen molar-refractivity contribution in [1.29, 1.82) is 0 Å². The van der Waals surface area contributed by atoms with Crippen LogP contribution in [0, 0.1) is 5.41 Å². The summed E-state index contributed by atoms with van der Waals surface area (Å²) in [5, 5.41) is 7.21. The molecule has 1 amide bonds. The molecule has 0 aromatic heterocycles. The lowest BCUT2D eigenvalue weighted by Crippen LogP contribution is -2.59. The van der Waals surface area contributed by atoms with Crippen LogP contribution in [0.25, 0.3) is 0 Å². The van der Waals surface area contributed by atoms with Gasteiger partial charge in [-0.3, -0.25) is 4.79 Å². The fraction of sp³-hybridized carbons (Fsp3) is 0.481. The number of rotatable bonds is 6. The first-order chi connectivity index (χ1) is 15.7.